The normalized spacial score (nSPS) is 11.9. The average molecular weight is 291 g/mol. The topological polar surface area (TPSA) is 64.1 Å². The maximum Gasteiger partial charge on any atom is 0.266 e. The lowest BCUT2D eigenvalue weighted by Gasteiger charge is -2.13. The number of carbonyl (C=O) groups is 1. The highest BCUT2D eigenvalue weighted by molar-refractivity contribution is 7.15. The van der Waals surface area contributed by atoms with Gasteiger partial charge in [-0.2, -0.15) is 0 Å². The molecule has 1 atom stereocenters. The number of ether oxygens (including phenoxy) is 1. The second kappa shape index (κ2) is 6.47. The molecule has 0 saturated carbocycles. The Morgan fingerprint density at radius 2 is 2.25 bits per heavy atom. The standard InChI is InChI=1S/C14H17N3O2S/c1-4-12-16-17-14(20-12)15-13(18)10(3)19-11-7-5-6-9(2)8-11/h5-8,10H,4H2,1-3H3,(H,15,17,18)/t10-/m0/s1. The fourth-order valence-corrected chi connectivity index (χ4v) is 2.28. The summed E-state index contributed by atoms with van der Waals surface area (Å²) in [5, 5.41) is 12.0. The number of aryl methyl sites for hydroxylation is 2. The van der Waals surface area contributed by atoms with Crippen LogP contribution in [0.3, 0.4) is 0 Å². The SMILES string of the molecule is CCc1nnc(NC(=O)[C@H](C)Oc2cccc(C)c2)s1. The van der Waals surface area contributed by atoms with Crippen molar-refractivity contribution in [3.63, 3.8) is 0 Å². The number of nitrogens with zero attached hydrogens (tertiary/aromatic N) is 2. The van der Waals surface area contributed by atoms with Crippen molar-refractivity contribution in [3.05, 3.63) is 34.8 Å². The first-order chi connectivity index (χ1) is 9.58. The number of rotatable bonds is 5. The molecular formula is C14H17N3O2S. The molecule has 106 valence electrons. The maximum absolute atomic E-state index is 12.0. The van der Waals surface area contributed by atoms with E-state index >= 15 is 0 Å². The summed E-state index contributed by atoms with van der Waals surface area (Å²) in [6, 6.07) is 7.60. The van der Waals surface area contributed by atoms with E-state index in [0.717, 1.165) is 17.0 Å². The molecule has 0 radical (unpaired) electrons. The van der Waals surface area contributed by atoms with E-state index in [2.05, 4.69) is 15.5 Å². The molecule has 0 saturated heterocycles. The summed E-state index contributed by atoms with van der Waals surface area (Å²) in [6.45, 7) is 5.68. The van der Waals surface area contributed by atoms with Gasteiger partial charge in [0, 0.05) is 0 Å². The van der Waals surface area contributed by atoms with Gasteiger partial charge in [-0.05, 0) is 38.0 Å². The summed E-state index contributed by atoms with van der Waals surface area (Å²) < 4.78 is 5.61. The third-order valence-corrected chi connectivity index (χ3v) is 3.65. The van der Waals surface area contributed by atoms with Crippen molar-refractivity contribution in [2.45, 2.75) is 33.3 Å². The zero-order valence-corrected chi connectivity index (χ0v) is 12.5. The van der Waals surface area contributed by atoms with Gasteiger partial charge >= 0.3 is 0 Å². The monoisotopic (exact) mass is 291 g/mol. The highest BCUT2D eigenvalue weighted by Gasteiger charge is 2.16. The fraction of sp³-hybridized carbons (Fsp3) is 0.357. The van der Waals surface area contributed by atoms with E-state index in [-0.39, 0.29) is 5.91 Å². The predicted molar refractivity (Wildman–Crippen MR) is 79.2 cm³/mol. The molecule has 0 aliphatic rings. The lowest BCUT2D eigenvalue weighted by atomic mass is 10.2. The Bertz CT molecular complexity index is 598. The Morgan fingerprint density at radius 3 is 2.90 bits per heavy atom. The first-order valence-corrected chi connectivity index (χ1v) is 7.26. The second-order valence-corrected chi connectivity index (χ2v) is 5.48. The molecule has 1 aromatic heterocycles. The van der Waals surface area contributed by atoms with E-state index in [1.807, 2.05) is 38.1 Å². The number of hydrogen-bond acceptors (Lipinski definition) is 5. The lowest BCUT2D eigenvalue weighted by molar-refractivity contribution is -0.122. The van der Waals surface area contributed by atoms with Gasteiger partial charge in [0.2, 0.25) is 5.13 Å². The van der Waals surface area contributed by atoms with Crippen LogP contribution in [-0.2, 0) is 11.2 Å². The quantitative estimate of drug-likeness (QED) is 0.920. The van der Waals surface area contributed by atoms with E-state index in [9.17, 15) is 4.79 Å². The Morgan fingerprint density at radius 1 is 1.45 bits per heavy atom. The van der Waals surface area contributed by atoms with Crippen molar-refractivity contribution in [1.29, 1.82) is 0 Å². The maximum atomic E-state index is 12.0. The fourth-order valence-electron chi connectivity index (χ4n) is 1.60. The molecule has 2 aromatic rings. The van der Waals surface area contributed by atoms with E-state index in [4.69, 9.17) is 4.74 Å². The van der Waals surface area contributed by atoms with Gasteiger partial charge in [0.1, 0.15) is 10.8 Å². The van der Waals surface area contributed by atoms with Crippen molar-refractivity contribution in [1.82, 2.24) is 10.2 Å². The predicted octanol–water partition coefficient (Wildman–Crippen LogP) is 2.81. The Labute approximate surface area is 122 Å². The average Bonchev–Trinajstić information content (AvgIpc) is 2.86. The summed E-state index contributed by atoms with van der Waals surface area (Å²) in [4.78, 5) is 12.0. The minimum atomic E-state index is -0.592. The highest BCUT2D eigenvalue weighted by Crippen LogP contribution is 2.17. The number of benzene rings is 1. The van der Waals surface area contributed by atoms with E-state index in [1.165, 1.54) is 11.3 Å². The molecule has 20 heavy (non-hydrogen) atoms. The molecule has 5 nitrogen and oxygen atoms in total. The smallest absolute Gasteiger partial charge is 0.266 e. The van der Waals surface area contributed by atoms with Gasteiger partial charge in [-0.1, -0.05) is 30.4 Å². The van der Waals surface area contributed by atoms with Gasteiger partial charge in [-0.15, -0.1) is 10.2 Å². The number of anilines is 1. The molecule has 1 N–H and O–H groups in total. The first kappa shape index (κ1) is 14.5. The summed E-state index contributed by atoms with van der Waals surface area (Å²) in [5.74, 6) is 0.449. The number of hydrogen-bond donors (Lipinski definition) is 1. The number of aromatic nitrogens is 2. The van der Waals surface area contributed by atoms with Crippen LogP contribution in [0, 0.1) is 6.92 Å². The molecule has 0 bridgehead atoms. The van der Waals surface area contributed by atoms with Crippen molar-refractivity contribution in [2.24, 2.45) is 0 Å². The number of nitrogens with one attached hydrogen (secondary N) is 1. The van der Waals surface area contributed by atoms with Gasteiger partial charge in [0.05, 0.1) is 0 Å². The molecular weight excluding hydrogens is 274 g/mol. The molecule has 1 amide bonds. The van der Waals surface area contributed by atoms with Gasteiger partial charge in [-0.3, -0.25) is 10.1 Å². The summed E-state index contributed by atoms with van der Waals surface area (Å²) in [7, 11) is 0. The van der Waals surface area contributed by atoms with Crippen LogP contribution in [0.5, 0.6) is 5.75 Å². The Balaban J connectivity index is 1.95. The van der Waals surface area contributed by atoms with E-state index in [1.54, 1.807) is 6.92 Å². The zero-order valence-electron chi connectivity index (χ0n) is 11.7. The minimum Gasteiger partial charge on any atom is -0.481 e. The minimum absolute atomic E-state index is 0.231. The van der Waals surface area contributed by atoms with Crippen molar-refractivity contribution in [2.75, 3.05) is 5.32 Å². The van der Waals surface area contributed by atoms with Crippen molar-refractivity contribution >= 4 is 22.4 Å². The van der Waals surface area contributed by atoms with E-state index < -0.39 is 6.10 Å². The molecule has 0 unspecified atom stereocenters. The largest absolute Gasteiger partial charge is 0.481 e. The van der Waals surface area contributed by atoms with Crippen LogP contribution in [0.1, 0.15) is 24.4 Å². The highest BCUT2D eigenvalue weighted by atomic mass is 32.1. The van der Waals surface area contributed by atoms with Gasteiger partial charge < -0.3 is 4.74 Å². The van der Waals surface area contributed by atoms with Crippen LogP contribution in [0.2, 0.25) is 0 Å². The van der Waals surface area contributed by atoms with Gasteiger partial charge in [-0.25, -0.2) is 0 Å². The second-order valence-electron chi connectivity index (χ2n) is 4.42. The first-order valence-electron chi connectivity index (χ1n) is 6.45. The summed E-state index contributed by atoms with van der Waals surface area (Å²) in [5.41, 5.74) is 1.09. The summed E-state index contributed by atoms with van der Waals surface area (Å²) >= 11 is 1.38. The van der Waals surface area contributed by atoms with Crippen LogP contribution < -0.4 is 10.1 Å². The molecule has 0 aliphatic carbocycles. The zero-order chi connectivity index (χ0) is 14.5. The third-order valence-electron chi connectivity index (χ3n) is 2.67. The molecule has 0 aliphatic heterocycles. The van der Waals surface area contributed by atoms with Gasteiger partial charge in [0.15, 0.2) is 6.10 Å². The molecule has 1 aromatic carbocycles. The Hall–Kier alpha value is -1.95. The number of amides is 1. The van der Waals surface area contributed by atoms with Crippen LogP contribution in [0.4, 0.5) is 5.13 Å². The third kappa shape index (κ3) is 3.77. The molecule has 0 spiro atoms. The van der Waals surface area contributed by atoms with Crippen molar-refractivity contribution < 1.29 is 9.53 Å². The van der Waals surface area contributed by atoms with Crippen LogP contribution in [0.25, 0.3) is 0 Å². The van der Waals surface area contributed by atoms with E-state index in [0.29, 0.717) is 10.9 Å². The molecule has 6 heteroatoms. The summed E-state index contributed by atoms with van der Waals surface area (Å²) in [6.07, 6.45) is 0.217. The van der Waals surface area contributed by atoms with Gasteiger partial charge in [0.25, 0.3) is 5.91 Å². The van der Waals surface area contributed by atoms with Crippen LogP contribution in [-0.4, -0.2) is 22.2 Å². The Kier molecular flexibility index (Phi) is 4.68. The lowest BCUT2D eigenvalue weighted by Crippen LogP contribution is -2.30. The molecule has 2 rings (SSSR count). The van der Waals surface area contributed by atoms with Crippen LogP contribution in [0.15, 0.2) is 24.3 Å². The van der Waals surface area contributed by atoms with Crippen LogP contribution >= 0.6 is 11.3 Å². The van der Waals surface area contributed by atoms with Crippen molar-refractivity contribution in [3.8, 4) is 5.75 Å². The molecule has 0 fully saturated rings. The molecule has 1 heterocycles. The number of carbonyl (C=O) groups excluding carboxylic acids is 1.